The fourth-order valence-electron chi connectivity index (χ4n) is 1.72. The van der Waals surface area contributed by atoms with E-state index in [0.29, 0.717) is 6.61 Å². The maximum Gasteiger partial charge on any atom is 0.269 e. The lowest BCUT2D eigenvalue weighted by atomic mass is 9.96. The highest BCUT2D eigenvalue weighted by molar-refractivity contribution is 7.91. The second-order valence-electron chi connectivity index (χ2n) is 6.06. The molecule has 0 bridgehead atoms. The Hall–Kier alpha value is -1.10. The molecule has 0 radical (unpaired) electrons. The number of carbonyl (C=O) groups is 1. The molecule has 22 heavy (non-hydrogen) atoms. The van der Waals surface area contributed by atoms with E-state index in [0.717, 1.165) is 24.2 Å². The van der Waals surface area contributed by atoms with Crippen LogP contribution >= 0.6 is 11.3 Å². The van der Waals surface area contributed by atoms with Crippen LogP contribution in [0.15, 0.2) is 4.34 Å². The second kappa shape index (κ2) is 6.57. The maximum atomic E-state index is 12.1. The first-order valence-corrected chi connectivity index (χ1v) is 9.25. The van der Waals surface area contributed by atoms with Gasteiger partial charge < -0.3 is 10.1 Å². The van der Waals surface area contributed by atoms with Gasteiger partial charge in [0.05, 0.1) is 6.10 Å². The van der Waals surface area contributed by atoms with Gasteiger partial charge in [-0.3, -0.25) is 4.79 Å². The molecule has 1 atom stereocenters. The van der Waals surface area contributed by atoms with Gasteiger partial charge in [-0.05, 0) is 12.8 Å². The number of sulfonamides is 1. The minimum absolute atomic E-state index is 0.0947. The van der Waals surface area contributed by atoms with Crippen LogP contribution in [0.4, 0.5) is 5.13 Å². The van der Waals surface area contributed by atoms with Crippen molar-refractivity contribution in [2.75, 3.05) is 18.5 Å². The van der Waals surface area contributed by atoms with Crippen LogP contribution in [0.1, 0.15) is 33.6 Å². The van der Waals surface area contributed by atoms with Crippen LogP contribution in [0.3, 0.4) is 0 Å². The largest absolute Gasteiger partial charge is 0.377 e. The zero-order valence-corrected chi connectivity index (χ0v) is 14.4. The molecule has 0 aliphatic carbocycles. The Morgan fingerprint density at radius 2 is 2.14 bits per heavy atom. The first-order valence-electron chi connectivity index (χ1n) is 6.95. The zero-order chi connectivity index (χ0) is 16.4. The number of hydrogen-bond donors (Lipinski definition) is 2. The van der Waals surface area contributed by atoms with Crippen molar-refractivity contribution in [2.24, 2.45) is 5.41 Å². The highest BCUT2D eigenvalue weighted by atomic mass is 32.2. The fraction of sp³-hybridized carbons (Fsp3) is 0.750. The van der Waals surface area contributed by atoms with E-state index in [1.54, 1.807) is 20.8 Å². The molecule has 2 heterocycles. The maximum absolute atomic E-state index is 12.1. The number of nitrogens with one attached hydrogen (secondary N) is 2. The van der Waals surface area contributed by atoms with Gasteiger partial charge in [0.15, 0.2) is 0 Å². The summed E-state index contributed by atoms with van der Waals surface area (Å²) in [4.78, 5) is 11.8. The van der Waals surface area contributed by atoms with Crippen molar-refractivity contribution in [3.05, 3.63) is 0 Å². The highest BCUT2D eigenvalue weighted by Crippen LogP contribution is 2.23. The number of amides is 1. The molecule has 1 aliphatic heterocycles. The number of aromatic nitrogens is 2. The minimum Gasteiger partial charge on any atom is -0.377 e. The van der Waals surface area contributed by atoms with Crippen molar-refractivity contribution in [3.8, 4) is 0 Å². The molecule has 2 N–H and O–H groups in total. The molecule has 1 aromatic heterocycles. The van der Waals surface area contributed by atoms with E-state index in [9.17, 15) is 13.2 Å². The van der Waals surface area contributed by atoms with Crippen LogP contribution in [0, 0.1) is 5.41 Å². The summed E-state index contributed by atoms with van der Waals surface area (Å²) in [7, 11) is -3.73. The molecule has 0 aromatic carbocycles. The number of nitrogens with zero attached hydrogens (tertiary/aromatic N) is 2. The van der Waals surface area contributed by atoms with Crippen LogP contribution in [0.25, 0.3) is 0 Å². The van der Waals surface area contributed by atoms with Gasteiger partial charge >= 0.3 is 0 Å². The van der Waals surface area contributed by atoms with Crippen LogP contribution in [0.2, 0.25) is 0 Å². The van der Waals surface area contributed by atoms with Gasteiger partial charge in [0, 0.05) is 18.6 Å². The van der Waals surface area contributed by atoms with Gasteiger partial charge in [-0.2, -0.15) is 0 Å². The van der Waals surface area contributed by atoms with E-state index in [1.807, 2.05) is 0 Å². The average Bonchev–Trinajstić information content (AvgIpc) is 3.06. The Labute approximate surface area is 133 Å². The first-order chi connectivity index (χ1) is 10.2. The topological polar surface area (TPSA) is 110 Å². The zero-order valence-electron chi connectivity index (χ0n) is 12.7. The molecule has 1 aliphatic rings. The van der Waals surface area contributed by atoms with Crippen molar-refractivity contribution >= 4 is 32.4 Å². The summed E-state index contributed by atoms with van der Waals surface area (Å²) in [5, 5.41) is 10.1. The van der Waals surface area contributed by atoms with Gasteiger partial charge in [0.2, 0.25) is 15.4 Å². The summed E-state index contributed by atoms with van der Waals surface area (Å²) in [6.45, 7) is 6.14. The van der Waals surface area contributed by atoms with Crippen molar-refractivity contribution in [2.45, 2.75) is 44.1 Å². The standard InChI is InChI=1S/C12H20N4O4S2/c1-12(2,3)9(17)14-10-15-16-11(21-10)22(18,19)13-7-8-5-4-6-20-8/h8,13H,4-7H2,1-3H3,(H,14,15,17)/t8-/m1/s1. The van der Waals surface area contributed by atoms with Gasteiger partial charge in [0.25, 0.3) is 10.0 Å². The molecular formula is C12H20N4O4S2. The number of hydrogen-bond acceptors (Lipinski definition) is 7. The van der Waals surface area contributed by atoms with E-state index >= 15 is 0 Å². The summed E-state index contributed by atoms with van der Waals surface area (Å²) in [6, 6.07) is 0. The molecule has 1 fully saturated rings. The molecule has 1 aromatic rings. The molecule has 8 nitrogen and oxygen atoms in total. The van der Waals surface area contributed by atoms with Crippen molar-refractivity contribution < 1.29 is 17.9 Å². The van der Waals surface area contributed by atoms with Crippen LogP contribution in [-0.4, -0.2) is 43.8 Å². The Kier molecular flexibility index (Phi) is 5.15. The molecule has 2 rings (SSSR count). The predicted octanol–water partition coefficient (Wildman–Crippen LogP) is 0.980. The van der Waals surface area contributed by atoms with Gasteiger partial charge in [-0.25, -0.2) is 13.1 Å². The molecular weight excluding hydrogens is 328 g/mol. The molecule has 10 heteroatoms. The number of rotatable bonds is 5. The number of carbonyl (C=O) groups excluding carboxylic acids is 1. The summed E-state index contributed by atoms with van der Waals surface area (Å²) in [5.74, 6) is -0.250. The lowest BCUT2D eigenvalue weighted by Crippen LogP contribution is -2.31. The average molecular weight is 348 g/mol. The number of ether oxygens (including phenoxy) is 1. The quantitative estimate of drug-likeness (QED) is 0.768. The van der Waals surface area contributed by atoms with E-state index in [-0.39, 0.29) is 28.0 Å². The summed E-state index contributed by atoms with van der Waals surface area (Å²) in [5.41, 5.74) is -0.594. The molecule has 0 saturated carbocycles. The summed E-state index contributed by atoms with van der Waals surface area (Å²) >= 11 is 0.821. The summed E-state index contributed by atoms with van der Waals surface area (Å²) in [6.07, 6.45) is 1.68. The van der Waals surface area contributed by atoms with Gasteiger partial charge in [-0.1, -0.05) is 32.1 Å². The van der Waals surface area contributed by atoms with Gasteiger partial charge in [-0.15, -0.1) is 10.2 Å². The molecule has 124 valence electrons. The molecule has 1 amide bonds. The Morgan fingerprint density at radius 1 is 1.41 bits per heavy atom. The second-order valence-corrected chi connectivity index (χ2v) is 8.98. The third-order valence-electron chi connectivity index (χ3n) is 3.06. The molecule has 0 spiro atoms. The van der Waals surface area contributed by atoms with E-state index in [2.05, 4.69) is 20.2 Å². The smallest absolute Gasteiger partial charge is 0.269 e. The Morgan fingerprint density at radius 3 is 2.73 bits per heavy atom. The molecule has 0 unspecified atom stereocenters. The van der Waals surface area contributed by atoms with E-state index < -0.39 is 15.4 Å². The normalized spacial score (nSPS) is 19.3. The molecule has 1 saturated heterocycles. The third kappa shape index (κ3) is 4.45. The SMILES string of the molecule is CC(C)(C)C(=O)Nc1nnc(S(=O)(=O)NC[C@H]2CCCO2)s1. The predicted molar refractivity (Wildman–Crippen MR) is 82.2 cm³/mol. The lowest BCUT2D eigenvalue weighted by Gasteiger charge is -2.15. The monoisotopic (exact) mass is 348 g/mol. The van der Waals surface area contributed by atoms with Crippen LogP contribution in [-0.2, 0) is 19.6 Å². The van der Waals surface area contributed by atoms with Gasteiger partial charge in [0.1, 0.15) is 0 Å². The van der Waals surface area contributed by atoms with Crippen molar-refractivity contribution in [1.82, 2.24) is 14.9 Å². The highest BCUT2D eigenvalue weighted by Gasteiger charge is 2.26. The van der Waals surface area contributed by atoms with E-state index in [1.165, 1.54) is 0 Å². The lowest BCUT2D eigenvalue weighted by molar-refractivity contribution is -0.123. The van der Waals surface area contributed by atoms with E-state index in [4.69, 9.17) is 4.74 Å². The summed E-state index contributed by atoms with van der Waals surface area (Å²) < 4.78 is 31.9. The third-order valence-corrected chi connectivity index (χ3v) is 5.69. The minimum atomic E-state index is -3.73. The first kappa shape index (κ1) is 17.3. The fourth-order valence-corrected chi connectivity index (χ4v) is 3.73. The van der Waals surface area contributed by atoms with Crippen molar-refractivity contribution in [3.63, 3.8) is 0 Å². The van der Waals surface area contributed by atoms with Crippen molar-refractivity contribution in [1.29, 1.82) is 0 Å². The Bertz CT molecular complexity index is 630. The van der Waals surface area contributed by atoms with Crippen LogP contribution < -0.4 is 10.0 Å². The van der Waals surface area contributed by atoms with Crippen LogP contribution in [0.5, 0.6) is 0 Å². The Balaban J connectivity index is 1.98. The number of anilines is 1.